The van der Waals surface area contributed by atoms with Crippen LogP contribution >= 0.6 is 11.6 Å². The zero-order chi connectivity index (χ0) is 33.4. The van der Waals surface area contributed by atoms with Crippen molar-refractivity contribution in [1.82, 2.24) is 10.2 Å². The SMILES string of the molecule is COc1ccccc1N(CC(=O)N(Cc1ccc(Cl)cc1)[C@@H](Cc1ccccc1)C(=O)NC1CCCC1)S(=O)(=O)c1ccc(C)cc1. The summed E-state index contributed by atoms with van der Waals surface area (Å²) < 4.78 is 35.2. The van der Waals surface area contributed by atoms with E-state index in [-0.39, 0.29) is 35.5 Å². The summed E-state index contributed by atoms with van der Waals surface area (Å²) in [6.07, 6.45) is 4.08. The summed E-state index contributed by atoms with van der Waals surface area (Å²) in [7, 11) is -2.79. The highest BCUT2D eigenvalue weighted by atomic mass is 35.5. The van der Waals surface area contributed by atoms with Crippen molar-refractivity contribution in [3.63, 3.8) is 0 Å². The van der Waals surface area contributed by atoms with Crippen molar-refractivity contribution in [3.8, 4) is 5.75 Å². The van der Waals surface area contributed by atoms with Gasteiger partial charge in [0.05, 0.1) is 17.7 Å². The smallest absolute Gasteiger partial charge is 0.264 e. The van der Waals surface area contributed by atoms with Crippen LogP contribution in [0.5, 0.6) is 5.75 Å². The van der Waals surface area contributed by atoms with Crippen molar-refractivity contribution in [2.24, 2.45) is 0 Å². The molecular formula is C37H40ClN3O5S. The lowest BCUT2D eigenvalue weighted by atomic mass is 10.0. The van der Waals surface area contributed by atoms with Gasteiger partial charge in [-0.05, 0) is 67.3 Å². The summed E-state index contributed by atoms with van der Waals surface area (Å²) in [6, 6.07) is 28.9. The summed E-state index contributed by atoms with van der Waals surface area (Å²) in [4.78, 5) is 30.3. The monoisotopic (exact) mass is 673 g/mol. The number of anilines is 1. The molecule has 2 amide bonds. The quantitative estimate of drug-likeness (QED) is 0.174. The number of ether oxygens (including phenoxy) is 1. The second kappa shape index (κ2) is 15.5. The number of nitrogens with zero attached hydrogens (tertiary/aromatic N) is 2. The Morgan fingerprint density at radius 3 is 2.17 bits per heavy atom. The molecule has 0 heterocycles. The fraction of sp³-hybridized carbons (Fsp3) is 0.297. The van der Waals surface area contributed by atoms with Gasteiger partial charge >= 0.3 is 0 Å². The number of halogens is 1. The van der Waals surface area contributed by atoms with Crippen LogP contribution in [0.25, 0.3) is 0 Å². The molecular weight excluding hydrogens is 634 g/mol. The van der Waals surface area contributed by atoms with Gasteiger partial charge in [0.2, 0.25) is 11.8 Å². The molecule has 0 spiro atoms. The molecule has 246 valence electrons. The third-order valence-corrected chi connectivity index (χ3v) is 10.5. The van der Waals surface area contributed by atoms with E-state index in [1.165, 1.54) is 24.1 Å². The van der Waals surface area contributed by atoms with E-state index in [0.29, 0.717) is 10.8 Å². The Labute approximate surface area is 282 Å². The van der Waals surface area contributed by atoms with Crippen LogP contribution in [0.3, 0.4) is 0 Å². The highest BCUT2D eigenvalue weighted by Crippen LogP contribution is 2.33. The summed E-state index contributed by atoms with van der Waals surface area (Å²) in [5, 5.41) is 3.73. The number of aryl methyl sites for hydroxylation is 1. The van der Waals surface area contributed by atoms with Crippen molar-refractivity contribution in [2.75, 3.05) is 18.0 Å². The van der Waals surface area contributed by atoms with E-state index >= 15 is 0 Å². The van der Waals surface area contributed by atoms with Crippen LogP contribution in [0.15, 0.2) is 108 Å². The number of rotatable bonds is 13. The van der Waals surface area contributed by atoms with E-state index in [4.69, 9.17) is 16.3 Å². The van der Waals surface area contributed by atoms with Crippen LogP contribution in [0.2, 0.25) is 5.02 Å². The highest BCUT2D eigenvalue weighted by Gasteiger charge is 2.36. The Bertz CT molecular complexity index is 1760. The topological polar surface area (TPSA) is 96.0 Å². The molecule has 10 heteroatoms. The van der Waals surface area contributed by atoms with E-state index in [1.54, 1.807) is 60.7 Å². The lowest BCUT2D eigenvalue weighted by Gasteiger charge is -2.34. The fourth-order valence-electron chi connectivity index (χ4n) is 5.89. The van der Waals surface area contributed by atoms with Gasteiger partial charge in [-0.1, -0.05) is 96.7 Å². The molecule has 1 N–H and O–H groups in total. The van der Waals surface area contributed by atoms with Crippen molar-refractivity contribution >= 4 is 39.1 Å². The van der Waals surface area contributed by atoms with Crippen LogP contribution in [0.1, 0.15) is 42.4 Å². The predicted molar refractivity (Wildman–Crippen MR) is 185 cm³/mol. The zero-order valence-electron chi connectivity index (χ0n) is 26.6. The zero-order valence-corrected chi connectivity index (χ0v) is 28.2. The average Bonchev–Trinajstić information content (AvgIpc) is 3.59. The van der Waals surface area contributed by atoms with Crippen molar-refractivity contribution in [2.45, 2.75) is 62.6 Å². The maximum Gasteiger partial charge on any atom is 0.264 e. The van der Waals surface area contributed by atoms with Gasteiger partial charge in [-0.2, -0.15) is 0 Å². The van der Waals surface area contributed by atoms with Crippen molar-refractivity contribution < 1.29 is 22.7 Å². The molecule has 0 unspecified atom stereocenters. The normalized spacial score (nSPS) is 13.9. The van der Waals surface area contributed by atoms with Crippen LogP contribution in [-0.4, -0.2) is 50.9 Å². The first-order valence-corrected chi connectivity index (χ1v) is 17.6. The van der Waals surface area contributed by atoms with E-state index in [2.05, 4.69) is 5.32 Å². The third-order valence-electron chi connectivity index (χ3n) is 8.48. The Morgan fingerprint density at radius 2 is 1.51 bits per heavy atom. The number of carbonyl (C=O) groups is 2. The predicted octanol–water partition coefficient (Wildman–Crippen LogP) is 6.55. The standard InChI is InChI=1S/C37H40ClN3O5S/c1-27-16-22-32(23-17-27)47(44,45)41(33-14-8-9-15-35(33)46-2)26-36(42)40(25-29-18-20-30(38)21-19-29)34(24-28-10-4-3-5-11-28)37(43)39-31-12-6-7-13-31/h3-5,8-11,14-23,31,34H,6-7,12-13,24-26H2,1-2H3,(H,39,43)/t34-/m0/s1. The van der Waals surface area contributed by atoms with Crippen LogP contribution < -0.4 is 14.4 Å². The maximum atomic E-state index is 14.7. The number of nitrogens with one attached hydrogen (secondary N) is 1. The maximum absolute atomic E-state index is 14.7. The molecule has 0 bridgehead atoms. The molecule has 1 saturated carbocycles. The number of sulfonamides is 1. The molecule has 47 heavy (non-hydrogen) atoms. The van der Waals surface area contributed by atoms with Gasteiger partial charge in [-0.15, -0.1) is 0 Å². The Morgan fingerprint density at radius 1 is 0.872 bits per heavy atom. The first kappa shape index (κ1) is 34.0. The average molecular weight is 674 g/mol. The molecule has 4 aromatic rings. The lowest BCUT2D eigenvalue weighted by Crippen LogP contribution is -2.54. The second-order valence-corrected chi connectivity index (χ2v) is 14.1. The number of carbonyl (C=O) groups excluding carboxylic acids is 2. The van der Waals surface area contributed by atoms with E-state index in [9.17, 15) is 18.0 Å². The number of benzene rings is 4. The first-order chi connectivity index (χ1) is 22.7. The molecule has 0 radical (unpaired) electrons. The molecule has 5 rings (SSSR count). The Kier molecular flexibility index (Phi) is 11.2. The Hall–Kier alpha value is -4.34. The molecule has 8 nitrogen and oxygen atoms in total. The van der Waals surface area contributed by atoms with E-state index < -0.39 is 28.5 Å². The molecule has 1 atom stereocenters. The molecule has 1 aliphatic carbocycles. The molecule has 0 saturated heterocycles. The number of para-hydroxylation sites is 2. The van der Waals surface area contributed by atoms with Crippen molar-refractivity contribution in [3.05, 3.63) is 125 Å². The Balaban J connectivity index is 1.58. The molecule has 1 fully saturated rings. The van der Waals surface area contributed by atoms with Gasteiger partial charge in [0.15, 0.2) is 0 Å². The number of hydrogen-bond donors (Lipinski definition) is 1. The molecule has 0 aromatic heterocycles. The summed E-state index contributed by atoms with van der Waals surface area (Å²) >= 11 is 6.18. The first-order valence-electron chi connectivity index (χ1n) is 15.8. The van der Waals surface area contributed by atoms with E-state index in [0.717, 1.165) is 46.7 Å². The third kappa shape index (κ3) is 8.53. The van der Waals surface area contributed by atoms with Gasteiger partial charge in [0.25, 0.3) is 10.0 Å². The van der Waals surface area contributed by atoms with Crippen LogP contribution in [-0.2, 0) is 32.6 Å². The minimum atomic E-state index is -4.25. The van der Waals surface area contributed by atoms with Gasteiger partial charge in [-0.25, -0.2) is 8.42 Å². The second-order valence-electron chi connectivity index (χ2n) is 11.8. The fourth-order valence-corrected chi connectivity index (χ4v) is 7.45. The summed E-state index contributed by atoms with van der Waals surface area (Å²) in [6.45, 7) is 1.37. The summed E-state index contributed by atoms with van der Waals surface area (Å²) in [5.41, 5.74) is 2.74. The number of amides is 2. The number of methoxy groups -OCH3 is 1. The van der Waals surface area contributed by atoms with Gasteiger partial charge in [-0.3, -0.25) is 13.9 Å². The largest absolute Gasteiger partial charge is 0.495 e. The van der Waals surface area contributed by atoms with Crippen LogP contribution in [0.4, 0.5) is 5.69 Å². The van der Waals surface area contributed by atoms with Gasteiger partial charge < -0.3 is 15.0 Å². The molecule has 1 aliphatic rings. The molecule has 4 aromatic carbocycles. The minimum Gasteiger partial charge on any atom is -0.495 e. The minimum absolute atomic E-state index is 0.0280. The molecule has 0 aliphatic heterocycles. The lowest BCUT2D eigenvalue weighted by molar-refractivity contribution is -0.140. The van der Waals surface area contributed by atoms with Crippen molar-refractivity contribution in [1.29, 1.82) is 0 Å². The van der Waals surface area contributed by atoms with E-state index in [1.807, 2.05) is 37.3 Å². The van der Waals surface area contributed by atoms with Gasteiger partial charge in [0.1, 0.15) is 18.3 Å². The highest BCUT2D eigenvalue weighted by molar-refractivity contribution is 7.92. The number of hydrogen-bond acceptors (Lipinski definition) is 5. The van der Waals surface area contributed by atoms with Crippen LogP contribution in [0, 0.1) is 6.92 Å². The van der Waals surface area contributed by atoms with Gasteiger partial charge in [0, 0.05) is 24.0 Å². The summed E-state index contributed by atoms with van der Waals surface area (Å²) in [5.74, 6) is -0.516.